The fourth-order valence-electron chi connectivity index (χ4n) is 10.00. The summed E-state index contributed by atoms with van der Waals surface area (Å²) in [6.07, 6.45) is 6.19. The Morgan fingerprint density at radius 3 is 2.24 bits per heavy atom. The van der Waals surface area contributed by atoms with E-state index in [4.69, 9.17) is 4.98 Å². The highest BCUT2D eigenvalue weighted by molar-refractivity contribution is 6.06. The third-order valence-electron chi connectivity index (χ3n) is 13.5. The third kappa shape index (κ3) is 7.92. The second kappa shape index (κ2) is 16.1. The third-order valence-corrected chi connectivity index (χ3v) is 13.5. The van der Waals surface area contributed by atoms with Gasteiger partial charge < -0.3 is 25.1 Å². The van der Waals surface area contributed by atoms with Crippen molar-refractivity contribution in [1.82, 2.24) is 30.2 Å². The summed E-state index contributed by atoms with van der Waals surface area (Å²) < 4.78 is 0. The average Bonchev–Trinajstić information content (AvgIpc) is 3.97. The number of piperidine rings is 1. The highest BCUT2D eigenvalue weighted by Gasteiger charge is 2.31. The Morgan fingerprint density at radius 1 is 0.806 bits per heavy atom. The van der Waals surface area contributed by atoms with Crippen molar-refractivity contribution < 1.29 is 14.4 Å². The number of aromatic nitrogens is 4. The Morgan fingerprint density at radius 2 is 1.52 bits per heavy atom. The Balaban J connectivity index is 0.730. The molecule has 3 fully saturated rings. The Bertz CT molecular complexity index is 2620. The Hall–Kier alpha value is -6.47. The maximum Gasteiger partial charge on any atom is 0.328 e. The van der Waals surface area contributed by atoms with E-state index in [1.54, 1.807) is 11.2 Å². The van der Waals surface area contributed by atoms with Gasteiger partial charge in [0, 0.05) is 104 Å². The van der Waals surface area contributed by atoms with Crippen molar-refractivity contribution >= 4 is 51.6 Å². The van der Waals surface area contributed by atoms with E-state index in [2.05, 4.69) is 103 Å². The van der Waals surface area contributed by atoms with Crippen LogP contribution in [0.1, 0.15) is 60.4 Å². The summed E-state index contributed by atoms with van der Waals surface area (Å²) in [5.74, 6) is 0.332. The van der Waals surface area contributed by atoms with E-state index in [1.165, 1.54) is 35.5 Å². The van der Waals surface area contributed by atoms with Gasteiger partial charge in [0.15, 0.2) is 0 Å². The van der Waals surface area contributed by atoms with Gasteiger partial charge in [0.2, 0.25) is 5.91 Å². The molecule has 0 saturated carbocycles. The van der Waals surface area contributed by atoms with Crippen molar-refractivity contribution in [3.05, 3.63) is 108 Å². The van der Waals surface area contributed by atoms with E-state index in [9.17, 15) is 14.4 Å². The molecule has 318 valence electrons. The minimum atomic E-state index is -0.347. The molecule has 0 bridgehead atoms. The van der Waals surface area contributed by atoms with Gasteiger partial charge in [0.1, 0.15) is 17.7 Å². The number of rotatable bonds is 9. The monoisotopic (exact) mass is 830 g/mol. The van der Waals surface area contributed by atoms with Crippen LogP contribution < -0.4 is 25.3 Å². The van der Waals surface area contributed by atoms with E-state index in [0.717, 1.165) is 109 Å². The lowest BCUT2D eigenvalue weighted by Gasteiger charge is -2.40. The van der Waals surface area contributed by atoms with Gasteiger partial charge in [0.05, 0.1) is 5.69 Å². The summed E-state index contributed by atoms with van der Waals surface area (Å²) in [7, 11) is 0. The highest BCUT2D eigenvalue weighted by Crippen LogP contribution is 2.38. The standard InChI is InChI=1S/C49H54N10O3/c1-31-38(5-4-6-40(31)54-47(61)42-25-34-27-49(2,3)28-43(34)52-42)45-39-26-41(53-46(39)51-30-50-45)33-7-9-35(10-8-33)58-23-21-56(22-24-58)29-32-15-18-57(19-16-32)36-11-13-37(14-12-36)59-20-17-44(60)55-48(59)62/h4-14,25-26,30,32,52H,15-24,27-29H2,1-3H3,(H,54,61)(H,50,51,53)(H,55,60,62). The van der Waals surface area contributed by atoms with Gasteiger partial charge in [-0.1, -0.05) is 38.1 Å². The van der Waals surface area contributed by atoms with Crippen LogP contribution in [0.2, 0.25) is 0 Å². The number of imide groups is 1. The van der Waals surface area contributed by atoms with E-state index in [0.29, 0.717) is 24.6 Å². The number of nitrogens with one attached hydrogen (secondary N) is 4. The quantitative estimate of drug-likeness (QED) is 0.116. The number of amides is 4. The first-order chi connectivity index (χ1) is 30.0. The van der Waals surface area contributed by atoms with Crippen molar-refractivity contribution in [2.75, 3.05) is 72.4 Å². The van der Waals surface area contributed by atoms with E-state index in [-0.39, 0.29) is 23.3 Å². The maximum absolute atomic E-state index is 13.4. The molecule has 3 aliphatic heterocycles. The molecule has 3 aromatic carbocycles. The van der Waals surface area contributed by atoms with Crippen molar-refractivity contribution in [1.29, 1.82) is 0 Å². The maximum atomic E-state index is 13.4. The zero-order chi connectivity index (χ0) is 42.5. The van der Waals surface area contributed by atoms with Gasteiger partial charge in [-0.15, -0.1) is 0 Å². The average molecular weight is 831 g/mol. The molecule has 4 amide bonds. The number of hydrogen-bond acceptors (Lipinski definition) is 8. The van der Waals surface area contributed by atoms with Gasteiger partial charge >= 0.3 is 6.03 Å². The van der Waals surface area contributed by atoms with Gasteiger partial charge in [-0.05, 0) is 115 Å². The summed E-state index contributed by atoms with van der Waals surface area (Å²) >= 11 is 0. The molecule has 3 aromatic heterocycles. The number of carbonyl (C=O) groups excluding carboxylic acids is 3. The zero-order valence-electron chi connectivity index (χ0n) is 35.8. The molecule has 10 rings (SSSR count). The minimum Gasteiger partial charge on any atom is -0.372 e. The second-order valence-electron chi connectivity index (χ2n) is 18.3. The highest BCUT2D eigenvalue weighted by atomic mass is 16.2. The molecular weight excluding hydrogens is 777 g/mol. The molecule has 0 radical (unpaired) electrons. The number of aromatic amines is 2. The summed E-state index contributed by atoms with van der Waals surface area (Å²) in [5.41, 5.74) is 12.8. The molecule has 0 spiro atoms. The van der Waals surface area contributed by atoms with Crippen molar-refractivity contribution in [2.24, 2.45) is 11.3 Å². The van der Waals surface area contributed by atoms with Crippen LogP contribution in [0.15, 0.2) is 85.2 Å². The lowest BCUT2D eigenvalue weighted by molar-refractivity contribution is -0.120. The number of hydrogen-bond donors (Lipinski definition) is 4. The van der Waals surface area contributed by atoms with E-state index < -0.39 is 0 Å². The number of anilines is 4. The van der Waals surface area contributed by atoms with E-state index in [1.807, 2.05) is 37.3 Å². The van der Waals surface area contributed by atoms with Crippen LogP contribution in [0.3, 0.4) is 0 Å². The fourth-order valence-corrected chi connectivity index (χ4v) is 10.00. The predicted molar refractivity (Wildman–Crippen MR) is 245 cm³/mol. The van der Waals surface area contributed by atoms with Crippen LogP contribution in [0.4, 0.5) is 27.5 Å². The first-order valence-electron chi connectivity index (χ1n) is 22.0. The first-order valence-corrected chi connectivity index (χ1v) is 22.0. The molecule has 6 aromatic rings. The normalized spacial score (nSPS) is 18.3. The summed E-state index contributed by atoms with van der Waals surface area (Å²) in [6.45, 7) is 14.3. The molecule has 0 unspecified atom stereocenters. The smallest absolute Gasteiger partial charge is 0.328 e. The molecular formula is C49H54N10O3. The number of fused-ring (bicyclic) bond motifs is 2. The molecule has 13 nitrogen and oxygen atoms in total. The van der Waals surface area contributed by atoms with Crippen LogP contribution in [0.25, 0.3) is 33.5 Å². The van der Waals surface area contributed by atoms with Crippen LogP contribution in [0.5, 0.6) is 0 Å². The summed E-state index contributed by atoms with van der Waals surface area (Å²) in [5, 5.41) is 6.49. The molecule has 4 N–H and O–H groups in total. The minimum absolute atomic E-state index is 0.137. The van der Waals surface area contributed by atoms with Gasteiger partial charge in [-0.25, -0.2) is 14.8 Å². The topological polar surface area (TPSA) is 146 Å². The van der Waals surface area contributed by atoms with Gasteiger partial charge in [-0.2, -0.15) is 0 Å². The van der Waals surface area contributed by atoms with Crippen molar-refractivity contribution in [3.63, 3.8) is 0 Å². The summed E-state index contributed by atoms with van der Waals surface area (Å²) in [4.78, 5) is 62.6. The molecule has 6 heterocycles. The van der Waals surface area contributed by atoms with Crippen LogP contribution in [0, 0.1) is 18.3 Å². The predicted octanol–water partition coefficient (Wildman–Crippen LogP) is 7.79. The number of urea groups is 1. The lowest BCUT2D eigenvalue weighted by Crippen LogP contribution is -2.49. The van der Waals surface area contributed by atoms with Gasteiger partial charge in [0.25, 0.3) is 5.91 Å². The fraction of sp³-hybridized carbons (Fsp3) is 0.367. The lowest BCUT2D eigenvalue weighted by atomic mass is 9.90. The first kappa shape index (κ1) is 39.7. The SMILES string of the molecule is Cc1c(NC(=O)c2cc3c([nH]2)CC(C)(C)C3)cccc1-c1ncnc2[nH]c(-c3ccc(N4CCN(CC5CCN(c6ccc(N7CCC(=O)NC7=O)cc6)CC5)CC4)cc3)cc12. The number of H-pyrrole nitrogens is 2. The molecule has 3 saturated heterocycles. The Kier molecular flexibility index (Phi) is 10.3. The number of nitrogens with zero attached hydrogens (tertiary/aromatic N) is 6. The number of benzene rings is 3. The molecule has 4 aliphatic rings. The van der Waals surface area contributed by atoms with Crippen LogP contribution in [-0.4, -0.2) is 95.0 Å². The largest absolute Gasteiger partial charge is 0.372 e. The molecule has 0 atom stereocenters. The zero-order valence-corrected chi connectivity index (χ0v) is 35.8. The van der Waals surface area contributed by atoms with Crippen molar-refractivity contribution in [3.8, 4) is 22.5 Å². The van der Waals surface area contributed by atoms with Crippen LogP contribution >= 0.6 is 0 Å². The summed E-state index contributed by atoms with van der Waals surface area (Å²) in [6, 6.07) is 26.7. The number of carbonyl (C=O) groups is 3. The molecule has 13 heteroatoms. The van der Waals surface area contributed by atoms with Crippen LogP contribution in [-0.2, 0) is 17.6 Å². The van der Waals surface area contributed by atoms with Gasteiger partial charge in [-0.3, -0.25) is 24.7 Å². The van der Waals surface area contributed by atoms with E-state index >= 15 is 0 Å². The Labute approximate surface area is 361 Å². The van der Waals surface area contributed by atoms with Crippen molar-refractivity contribution in [2.45, 2.75) is 52.9 Å². The second-order valence-corrected chi connectivity index (χ2v) is 18.3. The number of piperazine rings is 1. The molecule has 1 aliphatic carbocycles. The molecule has 62 heavy (non-hydrogen) atoms.